The maximum absolute atomic E-state index is 2.55. The van der Waals surface area contributed by atoms with Crippen molar-refractivity contribution in [2.45, 2.75) is 51.4 Å². The number of hydrogen-bond acceptors (Lipinski definition) is 2. The Kier molecular flexibility index (Phi) is 9.19. The summed E-state index contributed by atoms with van der Waals surface area (Å²) >= 11 is 1.88. The standard InChI is InChI=1S/C59H48N2S/c1-39-16-11-21-44(38-39)61-52-29-9-6-23-49(52)59-53(30-15-31-54(59)61)60(43-36-34-41(35-37-43)46-26-14-33-56-58(46)50-24-7-10-32-55(50)62-56)51-28-8-5-22-47(51)48-27-13-20-42-19-12-25-45(57(42)48)40-17-3-2-4-18-40/h5-16,19-37,39-40H,2-4,17-18,38H2,1H3. The third-order valence-corrected chi connectivity index (χ3v) is 14.9. The van der Waals surface area contributed by atoms with Crippen LogP contribution in [0.2, 0.25) is 0 Å². The Morgan fingerprint density at radius 3 is 2.08 bits per heavy atom. The molecular weight excluding hydrogens is 769 g/mol. The van der Waals surface area contributed by atoms with Crippen LogP contribution in [0.4, 0.5) is 17.1 Å². The third-order valence-electron chi connectivity index (χ3n) is 13.7. The molecule has 300 valence electrons. The first-order chi connectivity index (χ1) is 30.7. The van der Waals surface area contributed by atoms with Gasteiger partial charge in [-0.05, 0) is 119 Å². The zero-order chi connectivity index (χ0) is 41.1. The lowest BCUT2D eigenvalue weighted by Gasteiger charge is -2.30. The highest BCUT2D eigenvalue weighted by molar-refractivity contribution is 7.25. The molecule has 2 aliphatic carbocycles. The Labute approximate surface area is 367 Å². The van der Waals surface area contributed by atoms with E-state index in [9.17, 15) is 0 Å². The molecule has 0 N–H and O–H groups in total. The summed E-state index contributed by atoms with van der Waals surface area (Å²) in [5.41, 5.74) is 13.9. The number of nitrogens with zero attached hydrogens (tertiary/aromatic N) is 2. The van der Waals surface area contributed by atoms with Crippen LogP contribution in [0.3, 0.4) is 0 Å². The van der Waals surface area contributed by atoms with E-state index in [-0.39, 0.29) is 0 Å². The molecule has 12 rings (SSSR count). The molecule has 2 heterocycles. The number of rotatable bonds is 7. The number of thiophene rings is 1. The second-order valence-corrected chi connectivity index (χ2v) is 18.6. The molecule has 2 aliphatic rings. The first-order valence-electron chi connectivity index (χ1n) is 22.5. The van der Waals surface area contributed by atoms with Gasteiger partial charge in [0.25, 0.3) is 0 Å². The molecule has 0 aliphatic heterocycles. The summed E-state index contributed by atoms with van der Waals surface area (Å²) in [7, 11) is 0. The van der Waals surface area contributed by atoms with E-state index in [1.165, 1.54) is 130 Å². The van der Waals surface area contributed by atoms with E-state index in [0.29, 0.717) is 11.8 Å². The fourth-order valence-electron chi connectivity index (χ4n) is 10.9. The van der Waals surface area contributed by atoms with Crippen LogP contribution >= 0.6 is 11.3 Å². The van der Waals surface area contributed by atoms with Gasteiger partial charge in [0.15, 0.2) is 0 Å². The molecule has 62 heavy (non-hydrogen) atoms. The maximum atomic E-state index is 2.55. The topological polar surface area (TPSA) is 8.17 Å². The van der Waals surface area contributed by atoms with E-state index in [0.717, 1.165) is 12.1 Å². The van der Waals surface area contributed by atoms with Gasteiger partial charge in [-0.15, -0.1) is 11.3 Å². The van der Waals surface area contributed by atoms with Gasteiger partial charge in [0.05, 0.1) is 22.4 Å². The minimum atomic E-state index is 0.480. The van der Waals surface area contributed by atoms with E-state index in [1.807, 2.05) is 11.3 Å². The molecule has 1 atom stereocenters. The number of allylic oxidation sites excluding steroid dienone is 4. The van der Waals surface area contributed by atoms with Gasteiger partial charge in [-0.25, -0.2) is 0 Å². The van der Waals surface area contributed by atoms with E-state index >= 15 is 0 Å². The average molecular weight is 817 g/mol. The van der Waals surface area contributed by atoms with Gasteiger partial charge < -0.3 is 9.47 Å². The van der Waals surface area contributed by atoms with Gasteiger partial charge in [0.1, 0.15) is 0 Å². The van der Waals surface area contributed by atoms with Crippen molar-refractivity contribution < 1.29 is 0 Å². The zero-order valence-electron chi connectivity index (χ0n) is 35.1. The molecular formula is C59H48N2S. The number of hydrogen-bond donors (Lipinski definition) is 0. The molecule has 0 saturated heterocycles. The molecule has 1 unspecified atom stereocenters. The number of para-hydroxylation sites is 2. The fourth-order valence-corrected chi connectivity index (χ4v) is 12.1. The van der Waals surface area contributed by atoms with Gasteiger partial charge in [-0.3, -0.25) is 0 Å². The van der Waals surface area contributed by atoms with Crippen molar-refractivity contribution in [1.82, 2.24) is 4.57 Å². The van der Waals surface area contributed by atoms with E-state index in [4.69, 9.17) is 0 Å². The second-order valence-electron chi connectivity index (χ2n) is 17.5. The van der Waals surface area contributed by atoms with Gasteiger partial charge in [-0.2, -0.15) is 0 Å². The molecule has 0 radical (unpaired) electrons. The minimum Gasteiger partial charge on any atom is -0.313 e. The first kappa shape index (κ1) is 37.1. The Hall–Kier alpha value is -6.68. The molecule has 0 amide bonds. The van der Waals surface area contributed by atoms with Crippen LogP contribution in [0, 0.1) is 5.92 Å². The first-order valence-corrected chi connectivity index (χ1v) is 23.3. The van der Waals surface area contributed by atoms with Crippen LogP contribution in [0.5, 0.6) is 0 Å². The van der Waals surface area contributed by atoms with Gasteiger partial charge in [-0.1, -0.05) is 160 Å². The molecule has 8 aromatic carbocycles. The maximum Gasteiger partial charge on any atom is 0.0562 e. The predicted molar refractivity (Wildman–Crippen MR) is 268 cm³/mol. The predicted octanol–water partition coefficient (Wildman–Crippen LogP) is 17.6. The van der Waals surface area contributed by atoms with Crippen molar-refractivity contribution in [3.8, 4) is 22.3 Å². The number of fused-ring (bicyclic) bond motifs is 7. The molecule has 2 nitrogen and oxygen atoms in total. The van der Waals surface area contributed by atoms with Gasteiger partial charge >= 0.3 is 0 Å². The number of aromatic nitrogens is 1. The van der Waals surface area contributed by atoms with Crippen LogP contribution in [0.25, 0.3) is 80.7 Å². The SMILES string of the molecule is CC1C=CC=C(n2c3ccccc3c3c(N(c4ccc(-c5cccc6sc7ccccc7c56)cc4)c4ccccc4-c4cccc5cccc(C6CCCCC6)c45)cccc32)C1. The van der Waals surface area contributed by atoms with Crippen LogP contribution in [-0.2, 0) is 0 Å². The Bertz CT molecular complexity index is 3380. The minimum absolute atomic E-state index is 0.480. The smallest absolute Gasteiger partial charge is 0.0562 e. The lowest BCUT2D eigenvalue weighted by Crippen LogP contribution is -2.12. The van der Waals surface area contributed by atoms with Crippen molar-refractivity contribution >= 4 is 86.8 Å². The Morgan fingerprint density at radius 2 is 1.21 bits per heavy atom. The van der Waals surface area contributed by atoms with E-state index in [2.05, 4.69) is 204 Å². The van der Waals surface area contributed by atoms with E-state index in [1.54, 1.807) is 0 Å². The molecule has 3 heteroatoms. The number of anilines is 3. The Morgan fingerprint density at radius 1 is 0.532 bits per heavy atom. The van der Waals surface area contributed by atoms with Gasteiger partial charge in [0.2, 0.25) is 0 Å². The molecule has 0 spiro atoms. The Balaban J connectivity index is 1.11. The highest BCUT2D eigenvalue weighted by atomic mass is 32.1. The largest absolute Gasteiger partial charge is 0.313 e. The lowest BCUT2D eigenvalue weighted by atomic mass is 9.80. The van der Waals surface area contributed by atoms with Crippen LogP contribution in [-0.4, -0.2) is 4.57 Å². The summed E-state index contributed by atoms with van der Waals surface area (Å²) in [5, 5.41) is 7.92. The van der Waals surface area contributed by atoms with Crippen molar-refractivity contribution in [1.29, 1.82) is 0 Å². The lowest BCUT2D eigenvalue weighted by molar-refractivity contribution is 0.445. The molecule has 0 bridgehead atoms. The number of benzene rings is 8. The monoisotopic (exact) mass is 816 g/mol. The molecule has 1 saturated carbocycles. The van der Waals surface area contributed by atoms with Crippen molar-refractivity contribution in [3.63, 3.8) is 0 Å². The normalized spacial score (nSPS) is 15.9. The summed E-state index contributed by atoms with van der Waals surface area (Å²) < 4.78 is 5.18. The molecule has 10 aromatic rings. The van der Waals surface area contributed by atoms with Crippen molar-refractivity contribution in [2.24, 2.45) is 5.92 Å². The zero-order valence-corrected chi connectivity index (χ0v) is 35.9. The summed E-state index contributed by atoms with van der Waals surface area (Å²) in [6, 6.07) is 64.0. The van der Waals surface area contributed by atoms with Crippen LogP contribution in [0.1, 0.15) is 56.9 Å². The highest BCUT2D eigenvalue weighted by Crippen LogP contribution is 2.50. The summed E-state index contributed by atoms with van der Waals surface area (Å²) in [6.07, 6.45) is 14.4. The summed E-state index contributed by atoms with van der Waals surface area (Å²) in [6.45, 7) is 2.32. The summed E-state index contributed by atoms with van der Waals surface area (Å²) in [5.74, 6) is 1.06. The van der Waals surface area contributed by atoms with Crippen molar-refractivity contribution in [3.05, 3.63) is 194 Å². The summed E-state index contributed by atoms with van der Waals surface area (Å²) in [4.78, 5) is 2.55. The van der Waals surface area contributed by atoms with Crippen molar-refractivity contribution in [2.75, 3.05) is 4.90 Å². The average Bonchev–Trinajstić information content (AvgIpc) is 3.89. The molecule has 1 fully saturated rings. The fraction of sp³-hybridized carbons (Fsp3) is 0.153. The quantitative estimate of drug-likeness (QED) is 0.156. The highest BCUT2D eigenvalue weighted by Gasteiger charge is 2.26. The van der Waals surface area contributed by atoms with Crippen LogP contribution < -0.4 is 4.90 Å². The van der Waals surface area contributed by atoms with Gasteiger partial charge in [0, 0.05) is 47.9 Å². The molecule has 2 aromatic heterocycles. The van der Waals surface area contributed by atoms with Crippen LogP contribution in [0.15, 0.2) is 188 Å². The second kappa shape index (κ2) is 15.3. The third kappa shape index (κ3) is 6.13. The van der Waals surface area contributed by atoms with E-state index < -0.39 is 0 Å².